The van der Waals surface area contributed by atoms with Crippen LogP contribution in [0.25, 0.3) is 0 Å². The molecule has 4 nitrogen and oxygen atoms in total. The lowest BCUT2D eigenvalue weighted by Gasteiger charge is -2.17. The molecule has 0 aliphatic carbocycles. The molecule has 0 radical (unpaired) electrons. The predicted octanol–water partition coefficient (Wildman–Crippen LogP) is 1.13. The number of halogens is 1. The number of aliphatic hydroxyl groups excluding tert-OH is 1. The van der Waals surface area contributed by atoms with E-state index in [2.05, 4.69) is 0 Å². The maximum absolute atomic E-state index is 12.1. The number of carbonyl (C=O) groups is 1. The molecule has 1 saturated heterocycles. The van der Waals surface area contributed by atoms with Crippen LogP contribution in [0.5, 0.6) is 0 Å². The van der Waals surface area contributed by atoms with Crippen LogP contribution in [0.3, 0.4) is 0 Å². The van der Waals surface area contributed by atoms with Crippen LogP contribution in [-0.4, -0.2) is 35.1 Å². The second-order valence-electron chi connectivity index (χ2n) is 3.90. The average Bonchev–Trinajstić information content (AvgIpc) is 2.64. The van der Waals surface area contributed by atoms with Gasteiger partial charge >= 0.3 is 0 Å². The molecule has 0 bridgehead atoms. The molecule has 1 aliphatic heterocycles. The lowest BCUT2D eigenvalue weighted by atomic mass is 10.1. The zero-order valence-corrected chi connectivity index (χ0v) is 9.44. The summed E-state index contributed by atoms with van der Waals surface area (Å²) >= 11 is 5.95. The predicted molar refractivity (Wildman–Crippen MR) is 62.4 cm³/mol. The zero-order chi connectivity index (χ0) is 11.7. The monoisotopic (exact) mass is 240 g/mol. The van der Waals surface area contributed by atoms with Crippen molar-refractivity contribution in [1.82, 2.24) is 4.90 Å². The van der Waals surface area contributed by atoms with Gasteiger partial charge in [-0.1, -0.05) is 17.7 Å². The van der Waals surface area contributed by atoms with Crippen molar-refractivity contribution in [3.8, 4) is 0 Å². The SMILES string of the molecule is Nc1cccc(Cl)c1C(=O)N1CC[C@@H](O)C1. The van der Waals surface area contributed by atoms with E-state index < -0.39 is 6.10 Å². The topological polar surface area (TPSA) is 66.6 Å². The molecule has 1 heterocycles. The molecule has 1 aliphatic rings. The van der Waals surface area contributed by atoms with E-state index in [-0.39, 0.29) is 5.91 Å². The van der Waals surface area contributed by atoms with Crippen LogP contribution in [-0.2, 0) is 0 Å². The molecule has 0 saturated carbocycles. The lowest BCUT2D eigenvalue weighted by Crippen LogP contribution is -2.30. The van der Waals surface area contributed by atoms with Gasteiger partial charge in [0, 0.05) is 18.8 Å². The number of likely N-dealkylation sites (tertiary alicyclic amines) is 1. The molecule has 1 aromatic carbocycles. The van der Waals surface area contributed by atoms with Gasteiger partial charge < -0.3 is 15.7 Å². The van der Waals surface area contributed by atoms with Crippen LogP contribution in [0.4, 0.5) is 5.69 Å². The average molecular weight is 241 g/mol. The molecule has 1 fully saturated rings. The summed E-state index contributed by atoms with van der Waals surface area (Å²) < 4.78 is 0. The number of β-amino-alcohol motifs (C(OH)–C–C–N with tert-alkyl or cyclic N) is 1. The van der Waals surface area contributed by atoms with E-state index in [1.54, 1.807) is 23.1 Å². The van der Waals surface area contributed by atoms with Gasteiger partial charge in [-0.15, -0.1) is 0 Å². The van der Waals surface area contributed by atoms with Gasteiger partial charge in [-0.2, -0.15) is 0 Å². The molecule has 1 atom stereocenters. The van der Waals surface area contributed by atoms with Gasteiger partial charge in [0.15, 0.2) is 0 Å². The highest BCUT2D eigenvalue weighted by Crippen LogP contribution is 2.25. The Balaban J connectivity index is 2.27. The van der Waals surface area contributed by atoms with Crippen LogP contribution in [0, 0.1) is 0 Å². The number of nitrogens with zero attached hydrogens (tertiary/aromatic N) is 1. The second kappa shape index (κ2) is 4.31. The number of aliphatic hydroxyl groups is 1. The van der Waals surface area contributed by atoms with Crippen molar-refractivity contribution in [2.75, 3.05) is 18.8 Å². The standard InChI is InChI=1S/C11H13ClN2O2/c12-8-2-1-3-9(13)10(8)11(16)14-5-4-7(15)6-14/h1-3,7,15H,4-6,13H2/t7-/m1/s1. The molecule has 5 heteroatoms. The maximum atomic E-state index is 12.1. The minimum absolute atomic E-state index is 0.209. The lowest BCUT2D eigenvalue weighted by molar-refractivity contribution is 0.0766. The summed E-state index contributed by atoms with van der Waals surface area (Å²) in [4.78, 5) is 13.7. The fraction of sp³-hybridized carbons (Fsp3) is 0.364. The number of hydrogen-bond acceptors (Lipinski definition) is 3. The van der Waals surface area contributed by atoms with Gasteiger partial charge in [0.25, 0.3) is 5.91 Å². The molecule has 0 spiro atoms. The molecular formula is C11H13ClN2O2. The molecule has 1 amide bonds. The van der Waals surface area contributed by atoms with Crippen LogP contribution in [0.1, 0.15) is 16.8 Å². The minimum Gasteiger partial charge on any atom is -0.398 e. The van der Waals surface area contributed by atoms with Gasteiger partial charge in [-0.05, 0) is 18.6 Å². The van der Waals surface area contributed by atoms with Crippen LogP contribution in [0.15, 0.2) is 18.2 Å². The third kappa shape index (κ3) is 1.99. The Morgan fingerprint density at radius 1 is 1.56 bits per heavy atom. The van der Waals surface area contributed by atoms with E-state index in [4.69, 9.17) is 17.3 Å². The van der Waals surface area contributed by atoms with Crippen molar-refractivity contribution < 1.29 is 9.90 Å². The smallest absolute Gasteiger partial charge is 0.257 e. The largest absolute Gasteiger partial charge is 0.398 e. The number of rotatable bonds is 1. The molecule has 0 unspecified atom stereocenters. The summed E-state index contributed by atoms with van der Waals surface area (Å²) in [5.74, 6) is -0.209. The first kappa shape index (κ1) is 11.2. The Labute approximate surface area is 98.6 Å². The van der Waals surface area contributed by atoms with Crippen molar-refractivity contribution in [2.45, 2.75) is 12.5 Å². The molecule has 2 rings (SSSR count). The maximum Gasteiger partial charge on any atom is 0.257 e. The van der Waals surface area contributed by atoms with Gasteiger partial charge in [-0.25, -0.2) is 0 Å². The number of nitrogens with two attached hydrogens (primary N) is 1. The minimum atomic E-state index is -0.437. The molecule has 16 heavy (non-hydrogen) atoms. The van der Waals surface area contributed by atoms with Crippen LogP contribution >= 0.6 is 11.6 Å². The number of carbonyl (C=O) groups excluding carboxylic acids is 1. The second-order valence-corrected chi connectivity index (χ2v) is 4.30. The number of amides is 1. The number of nitrogen functional groups attached to an aromatic ring is 1. The third-order valence-electron chi connectivity index (χ3n) is 2.71. The van der Waals surface area contributed by atoms with Crippen LogP contribution in [0.2, 0.25) is 5.02 Å². The fourth-order valence-corrected chi connectivity index (χ4v) is 2.11. The highest BCUT2D eigenvalue weighted by molar-refractivity contribution is 6.34. The quantitative estimate of drug-likeness (QED) is 0.724. The van der Waals surface area contributed by atoms with Crippen molar-refractivity contribution in [2.24, 2.45) is 0 Å². The Hall–Kier alpha value is -1.26. The molecular weight excluding hydrogens is 228 g/mol. The summed E-state index contributed by atoms with van der Waals surface area (Å²) in [7, 11) is 0. The molecule has 86 valence electrons. The van der Waals surface area contributed by atoms with Gasteiger partial charge in [-0.3, -0.25) is 4.79 Å². The summed E-state index contributed by atoms with van der Waals surface area (Å²) in [6.45, 7) is 0.897. The number of benzene rings is 1. The van der Waals surface area contributed by atoms with Gasteiger partial charge in [0.1, 0.15) is 0 Å². The normalized spacial score (nSPS) is 20.1. The number of anilines is 1. The summed E-state index contributed by atoms with van der Waals surface area (Å²) in [6, 6.07) is 4.98. The van der Waals surface area contributed by atoms with Gasteiger partial charge in [0.05, 0.1) is 16.7 Å². The molecule has 1 aromatic rings. The Kier molecular flexibility index (Phi) is 3.03. The first-order chi connectivity index (χ1) is 7.59. The van der Waals surface area contributed by atoms with E-state index in [0.717, 1.165) is 0 Å². The molecule has 3 N–H and O–H groups in total. The summed E-state index contributed by atoms with van der Waals surface area (Å²) in [5, 5.41) is 9.73. The highest BCUT2D eigenvalue weighted by atomic mass is 35.5. The highest BCUT2D eigenvalue weighted by Gasteiger charge is 2.27. The first-order valence-electron chi connectivity index (χ1n) is 5.11. The Morgan fingerprint density at radius 3 is 2.88 bits per heavy atom. The van der Waals surface area contributed by atoms with E-state index in [9.17, 15) is 9.90 Å². The van der Waals surface area contributed by atoms with Crippen molar-refractivity contribution in [3.05, 3.63) is 28.8 Å². The van der Waals surface area contributed by atoms with Crippen molar-refractivity contribution in [1.29, 1.82) is 0 Å². The summed E-state index contributed by atoms with van der Waals surface area (Å²) in [5.41, 5.74) is 6.44. The first-order valence-corrected chi connectivity index (χ1v) is 5.48. The fourth-order valence-electron chi connectivity index (χ4n) is 1.85. The molecule has 0 aromatic heterocycles. The van der Waals surface area contributed by atoms with E-state index in [1.807, 2.05) is 0 Å². The zero-order valence-electron chi connectivity index (χ0n) is 8.69. The van der Waals surface area contributed by atoms with Crippen molar-refractivity contribution in [3.63, 3.8) is 0 Å². The Morgan fingerprint density at radius 2 is 2.31 bits per heavy atom. The van der Waals surface area contributed by atoms with Crippen molar-refractivity contribution >= 4 is 23.2 Å². The number of hydrogen-bond donors (Lipinski definition) is 2. The third-order valence-corrected chi connectivity index (χ3v) is 3.03. The van der Waals surface area contributed by atoms with E-state index in [1.165, 1.54) is 0 Å². The van der Waals surface area contributed by atoms with E-state index >= 15 is 0 Å². The van der Waals surface area contributed by atoms with Crippen LogP contribution < -0.4 is 5.73 Å². The van der Waals surface area contributed by atoms with E-state index in [0.29, 0.717) is 35.8 Å². The van der Waals surface area contributed by atoms with Gasteiger partial charge in [0.2, 0.25) is 0 Å². The summed E-state index contributed by atoms with van der Waals surface area (Å²) in [6.07, 6.45) is 0.170. The Bertz CT molecular complexity index is 402.